The second-order valence-electron chi connectivity index (χ2n) is 6.03. The average Bonchev–Trinajstić information content (AvgIpc) is 2.68. The molecule has 8 nitrogen and oxygen atoms in total. The summed E-state index contributed by atoms with van der Waals surface area (Å²) in [6, 6.07) is 10.7. The van der Waals surface area contributed by atoms with Gasteiger partial charge in [-0.1, -0.05) is 23.2 Å². The molecule has 0 unspecified atom stereocenters. The number of halogens is 2. The zero-order valence-electron chi connectivity index (χ0n) is 15.9. The lowest BCUT2D eigenvalue weighted by atomic mass is 10.2. The average molecular weight is 447 g/mol. The Kier molecular flexibility index (Phi) is 6.71. The number of hydrogen-bond donors (Lipinski definition) is 2. The molecular weight excluding hydrogens is 431 g/mol. The van der Waals surface area contributed by atoms with Crippen LogP contribution in [0.3, 0.4) is 0 Å². The first kappa shape index (κ1) is 21.4. The number of carbonyl (C=O) groups is 1. The van der Waals surface area contributed by atoms with Crippen molar-refractivity contribution in [1.82, 2.24) is 9.97 Å². The molecule has 0 aliphatic heterocycles. The highest BCUT2D eigenvalue weighted by atomic mass is 35.5. The van der Waals surface area contributed by atoms with Gasteiger partial charge in [-0.3, -0.25) is 9.78 Å². The summed E-state index contributed by atoms with van der Waals surface area (Å²) in [5.74, 6) is 0.101. The molecule has 0 amide bonds. The maximum absolute atomic E-state index is 12.4. The van der Waals surface area contributed by atoms with Crippen LogP contribution in [0.25, 0.3) is 0 Å². The molecule has 0 aliphatic rings. The van der Waals surface area contributed by atoms with Crippen molar-refractivity contribution in [2.75, 3.05) is 12.5 Å². The number of carbonyl (C=O) groups excluding carboxylic acids is 1. The maximum atomic E-state index is 12.4. The van der Waals surface area contributed by atoms with Gasteiger partial charge in [-0.25, -0.2) is 15.2 Å². The zero-order chi connectivity index (χ0) is 21.7. The van der Waals surface area contributed by atoms with Crippen LogP contribution < -0.4 is 20.5 Å². The predicted molar refractivity (Wildman–Crippen MR) is 115 cm³/mol. The third kappa shape index (κ3) is 5.37. The van der Waals surface area contributed by atoms with Gasteiger partial charge in [0.15, 0.2) is 11.5 Å². The molecule has 154 valence electrons. The van der Waals surface area contributed by atoms with E-state index in [0.717, 1.165) is 0 Å². The maximum Gasteiger partial charge on any atom is 0.345 e. The van der Waals surface area contributed by atoms with Gasteiger partial charge in [-0.15, -0.1) is 0 Å². The minimum Gasteiger partial charge on any atom is -0.493 e. The molecule has 0 saturated carbocycles. The van der Waals surface area contributed by atoms with Crippen LogP contribution in [0, 0.1) is 6.92 Å². The number of nitrogens with zero attached hydrogens (tertiary/aromatic N) is 2. The van der Waals surface area contributed by atoms with Crippen LogP contribution >= 0.6 is 23.2 Å². The van der Waals surface area contributed by atoms with Crippen LogP contribution in [-0.2, 0) is 0 Å². The molecule has 0 radical (unpaired) electrons. The zero-order valence-corrected chi connectivity index (χ0v) is 17.4. The third-order valence-electron chi connectivity index (χ3n) is 3.80. The van der Waals surface area contributed by atoms with Gasteiger partial charge >= 0.3 is 5.97 Å². The lowest BCUT2D eigenvalue weighted by Crippen LogP contribution is -2.10. The first-order valence-electron chi connectivity index (χ1n) is 8.58. The van der Waals surface area contributed by atoms with Crippen molar-refractivity contribution in [2.45, 2.75) is 6.92 Å². The Morgan fingerprint density at radius 2 is 1.97 bits per heavy atom. The van der Waals surface area contributed by atoms with Crippen LogP contribution in [0.15, 0.2) is 52.4 Å². The fourth-order valence-electron chi connectivity index (χ4n) is 2.46. The Balaban J connectivity index is 1.74. The van der Waals surface area contributed by atoms with Crippen molar-refractivity contribution in [3.63, 3.8) is 0 Å². The summed E-state index contributed by atoms with van der Waals surface area (Å²) < 4.78 is 10.7. The van der Waals surface area contributed by atoms with Crippen molar-refractivity contribution in [3.8, 4) is 11.5 Å². The molecule has 1 heterocycles. The number of aromatic nitrogens is 2. The van der Waals surface area contributed by atoms with Gasteiger partial charge in [0.2, 0.25) is 5.95 Å². The molecule has 10 heteroatoms. The lowest BCUT2D eigenvalue weighted by Gasteiger charge is -2.10. The SMILES string of the molecule is COc1cc(C=NNc2nc(C)cc(=O)[nH]2)ccc1OC(=O)c1ccc(Cl)cc1Cl. The summed E-state index contributed by atoms with van der Waals surface area (Å²) >= 11 is 11.9. The number of hydrazone groups is 1. The molecule has 1 aromatic heterocycles. The van der Waals surface area contributed by atoms with Crippen molar-refractivity contribution in [1.29, 1.82) is 0 Å². The first-order chi connectivity index (χ1) is 14.4. The minimum absolute atomic E-state index is 0.178. The molecule has 0 saturated heterocycles. The Labute approximate surface area is 181 Å². The molecule has 2 aromatic carbocycles. The number of aryl methyl sites for hydroxylation is 1. The molecule has 30 heavy (non-hydrogen) atoms. The largest absolute Gasteiger partial charge is 0.493 e. The van der Waals surface area contributed by atoms with E-state index in [0.29, 0.717) is 22.0 Å². The van der Waals surface area contributed by atoms with Gasteiger partial charge in [-0.05, 0) is 48.9 Å². The molecule has 2 N–H and O–H groups in total. The summed E-state index contributed by atoms with van der Waals surface area (Å²) in [5.41, 5.74) is 3.75. The number of rotatable bonds is 6. The highest BCUT2D eigenvalue weighted by Gasteiger charge is 2.16. The van der Waals surface area contributed by atoms with E-state index in [1.165, 1.54) is 31.5 Å². The van der Waals surface area contributed by atoms with E-state index in [1.807, 2.05) is 0 Å². The number of benzene rings is 2. The molecule has 0 bridgehead atoms. The molecule has 3 aromatic rings. The van der Waals surface area contributed by atoms with E-state index in [1.54, 1.807) is 31.2 Å². The van der Waals surface area contributed by atoms with Gasteiger partial charge in [0.1, 0.15) is 0 Å². The highest BCUT2D eigenvalue weighted by Crippen LogP contribution is 2.29. The smallest absolute Gasteiger partial charge is 0.345 e. The van der Waals surface area contributed by atoms with Gasteiger partial charge in [0.25, 0.3) is 5.56 Å². The number of esters is 1. The number of ether oxygens (including phenoxy) is 2. The van der Waals surface area contributed by atoms with Crippen LogP contribution in [0.5, 0.6) is 11.5 Å². The number of nitrogens with one attached hydrogen (secondary N) is 2. The van der Waals surface area contributed by atoms with Gasteiger partial charge in [-0.2, -0.15) is 5.10 Å². The molecular formula is C20H16Cl2N4O4. The van der Waals surface area contributed by atoms with E-state index >= 15 is 0 Å². The van der Waals surface area contributed by atoms with Crippen molar-refractivity contribution >= 4 is 41.3 Å². The second-order valence-corrected chi connectivity index (χ2v) is 6.87. The fourth-order valence-corrected chi connectivity index (χ4v) is 2.94. The lowest BCUT2D eigenvalue weighted by molar-refractivity contribution is 0.0730. The number of H-pyrrole nitrogens is 1. The van der Waals surface area contributed by atoms with Gasteiger partial charge in [0.05, 0.1) is 23.9 Å². The van der Waals surface area contributed by atoms with E-state index in [2.05, 4.69) is 20.5 Å². The number of anilines is 1. The predicted octanol–water partition coefficient (Wildman–Crippen LogP) is 4.06. The normalized spacial score (nSPS) is 10.8. The summed E-state index contributed by atoms with van der Waals surface area (Å²) in [5, 5.41) is 4.62. The molecule has 0 aliphatic carbocycles. The van der Waals surface area contributed by atoms with Crippen LogP contribution in [0.4, 0.5) is 5.95 Å². The molecule has 0 atom stereocenters. The number of methoxy groups -OCH3 is 1. The van der Waals surface area contributed by atoms with E-state index in [-0.39, 0.29) is 27.8 Å². The summed E-state index contributed by atoms with van der Waals surface area (Å²) in [6.07, 6.45) is 1.49. The highest BCUT2D eigenvalue weighted by molar-refractivity contribution is 6.36. The van der Waals surface area contributed by atoms with Crippen LogP contribution in [0.2, 0.25) is 10.0 Å². The van der Waals surface area contributed by atoms with E-state index in [9.17, 15) is 9.59 Å². The summed E-state index contributed by atoms with van der Waals surface area (Å²) in [7, 11) is 1.45. The topological polar surface area (TPSA) is 106 Å². The summed E-state index contributed by atoms with van der Waals surface area (Å²) in [4.78, 5) is 30.5. The first-order valence-corrected chi connectivity index (χ1v) is 9.33. The quantitative estimate of drug-likeness (QED) is 0.256. The van der Waals surface area contributed by atoms with Crippen molar-refractivity contribution < 1.29 is 14.3 Å². The van der Waals surface area contributed by atoms with Crippen molar-refractivity contribution in [2.24, 2.45) is 5.10 Å². The molecule has 0 spiro atoms. The number of aromatic amines is 1. The van der Waals surface area contributed by atoms with Crippen molar-refractivity contribution in [3.05, 3.63) is 79.7 Å². The Bertz CT molecular complexity index is 1180. The minimum atomic E-state index is -0.646. The third-order valence-corrected chi connectivity index (χ3v) is 4.34. The Morgan fingerprint density at radius 3 is 2.67 bits per heavy atom. The van der Waals surface area contributed by atoms with Gasteiger partial charge < -0.3 is 9.47 Å². The Hall–Kier alpha value is -3.36. The number of hydrogen-bond acceptors (Lipinski definition) is 7. The second kappa shape index (κ2) is 9.43. The van der Waals surface area contributed by atoms with Gasteiger partial charge in [0, 0.05) is 16.8 Å². The van der Waals surface area contributed by atoms with Crippen LogP contribution in [0.1, 0.15) is 21.6 Å². The monoisotopic (exact) mass is 446 g/mol. The fraction of sp³-hybridized carbons (Fsp3) is 0.100. The molecule has 3 rings (SSSR count). The summed E-state index contributed by atoms with van der Waals surface area (Å²) in [6.45, 7) is 1.70. The standard InChI is InChI=1S/C20H16Cl2N4O4/c1-11-7-18(27)25-20(24-11)26-23-10-12-3-6-16(17(8-12)29-2)30-19(28)14-5-4-13(21)9-15(14)22/h3-10H,1-2H3,(H2,24,25,26,27). The molecule has 0 fully saturated rings. The van der Waals surface area contributed by atoms with E-state index < -0.39 is 5.97 Å². The van der Waals surface area contributed by atoms with Crippen LogP contribution in [-0.4, -0.2) is 29.3 Å². The van der Waals surface area contributed by atoms with E-state index in [4.69, 9.17) is 32.7 Å². The Morgan fingerprint density at radius 1 is 1.17 bits per heavy atom.